The topological polar surface area (TPSA) is 46.1 Å². The van der Waals surface area contributed by atoms with E-state index >= 15 is 0 Å². The van der Waals surface area contributed by atoms with E-state index < -0.39 is 0 Å². The third kappa shape index (κ3) is 3.18. The Kier molecular flexibility index (Phi) is 4.17. The lowest BCUT2D eigenvalue weighted by atomic mass is 9.99. The van der Waals surface area contributed by atoms with Gasteiger partial charge in [0.05, 0.1) is 5.75 Å². The SMILES string of the molecule is CC1CCN(C(=O)CSc2nncs2)CC1. The molecule has 1 fully saturated rings. The molecule has 4 nitrogen and oxygen atoms in total. The molecule has 6 heteroatoms. The van der Waals surface area contributed by atoms with Gasteiger partial charge in [0.2, 0.25) is 5.91 Å². The predicted molar refractivity (Wildman–Crippen MR) is 65.6 cm³/mol. The number of thioether (sulfide) groups is 1. The summed E-state index contributed by atoms with van der Waals surface area (Å²) in [6, 6.07) is 0. The zero-order valence-electron chi connectivity index (χ0n) is 9.26. The van der Waals surface area contributed by atoms with Gasteiger partial charge in [0.15, 0.2) is 4.34 Å². The highest BCUT2D eigenvalue weighted by Gasteiger charge is 2.20. The summed E-state index contributed by atoms with van der Waals surface area (Å²) in [4.78, 5) is 13.8. The van der Waals surface area contributed by atoms with E-state index in [1.807, 2.05) is 4.90 Å². The lowest BCUT2D eigenvalue weighted by Gasteiger charge is -2.30. The minimum absolute atomic E-state index is 0.229. The van der Waals surface area contributed by atoms with E-state index in [1.165, 1.54) is 23.1 Å². The lowest BCUT2D eigenvalue weighted by molar-refractivity contribution is -0.129. The van der Waals surface area contributed by atoms with Gasteiger partial charge in [-0.2, -0.15) is 0 Å². The van der Waals surface area contributed by atoms with Crippen molar-refractivity contribution in [2.24, 2.45) is 5.92 Å². The number of hydrogen-bond donors (Lipinski definition) is 0. The quantitative estimate of drug-likeness (QED) is 0.776. The highest BCUT2D eigenvalue weighted by Crippen LogP contribution is 2.21. The molecule has 1 amide bonds. The van der Waals surface area contributed by atoms with E-state index in [2.05, 4.69) is 17.1 Å². The molecule has 1 aliphatic rings. The van der Waals surface area contributed by atoms with Gasteiger partial charge >= 0.3 is 0 Å². The van der Waals surface area contributed by atoms with Gasteiger partial charge in [-0.1, -0.05) is 30.0 Å². The molecule has 0 bridgehead atoms. The van der Waals surface area contributed by atoms with Gasteiger partial charge in [-0.15, -0.1) is 10.2 Å². The molecule has 16 heavy (non-hydrogen) atoms. The van der Waals surface area contributed by atoms with Crippen molar-refractivity contribution in [2.75, 3.05) is 18.8 Å². The summed E-state index contributed by atoms with van der Waals surface area (Å²) in [7, 11) is 0. The van der Waals surface area contributed by atoms with E-state index in [0.717, 1.165) is 36.2 Å². The van der Waals surface area contributed by atoms with Crippen LogP contribution in [0.3, 0.4) is 0 Å². The summed E-state index contributed by atoms with van der Waals surface area (Å²) in [5.41, 5.74) is 1.69. The van der Waals surface area contributed by atoms with E-state index in [0.29, 0.717) is 5.75 Å². The molecule has 0 radical (unpaired) electrons. The van der Waals surface area contributed by atoms with Crippen LogP contribution in [0.25, 0.3) is 0 Å². The molecular formula is C10H15N3OS2. The summed E-state index contributed by atoms with van der Waals surface area (Å²) in [5, 5.41) is 7.65. The van der Waals surface area contributed by atoms with Gasteiger partial charge in [0, 0.05) is 13.1 Å². The summed E-state index contributed by atoms with van der Waals surface area (Å²) in [6.45, 7) is 4.07. The minimum Gasteiger partial charge on any atom is -0.342 e. The Morgan fingerprint density at radius 2 is 2.38 bits per heavy atom. The number of aromatic nitrogens is 2. The highest BCUT2D eigenvalue weighted by atomic mass is 32.2. The van der Waals surface area contributed by atoms with Gasteiger partial charge in [0.1, 0.15) is 5.51 Å². The van der Waals surface area contributed by atoms with Crippen LogP contribution < -0.4 is 0 Å². The van der Waals surface area contributed by atoms with Gasteiger partial charge in [-0.3, -0.25) is 4.79 Å². The third-order valence-electron chi connectivity index (χ3n) is 2.80. The van der Waals surface area contributed by atoms with Crippen LogP contribution in [-0.2, 0) is 4.79 Å². The van der Waals surface area contributed by atoms with Crippen molar-refractivity contribution in [2.45, 2.75) is 24.1 Å². The van der Waals surface area contributed by atoms with Gasteiger partial charge in [-0.05, 0) is 18.8 Å². The Balaban J connectivity index is 1.75. The van der Waals surface area contributed by atoms with Crippen molar-refractivity contribution >= 4 is 29.0 Å². The number of piperidine rings is 1. The van der Waals surface area contributed by atoms with Crippen LogP contribution in [0.5, 0.6) is 0 Å². The largest absolute Gasteiger partial charge is 0.342 e. The zero-order valence-corrected chi connectivity index (χ0v) is 10.9. The Morgan fingerprint density at radius 1 is 1.62 bits per heavy atom. The van der Waals surface area contributed by atoms with E-state index in [1.54, 1.807) is 5.51 Å². The second-order valence-corrected chi connectivity index (χ2v) is 6.11. The van der Waals surface area contributed by atoms with Gasteiger partial charge in [0.25, 0.3) is 0 Å². The van der Waals surface area contributed by atoms with E-state index in [4.69, 9.17) is 0 Å². The minimum atomic E-state index is 0.229. The van der Waals surface area contributed by atoms with Gasteiger partial charge < -0.3 is 4.90 Å². The Hall–Kier alpha value is -0.620. The lowest BCUT2D eigenvalue weighted by Crippen LogP contribution is -2.38. The number of rotatable bonds is 3. The number of amides is 1. The van der Waals surface area contributed by atoms with Crippen LogP contribution in [0.1, 0.15) is 19.8 Å². The Morgan fingerprint density at radius 3 is 3.00 bits per heavy atom. The molecule has 2 heterocycles. The molecular weight excluding hydrogens is 242 g/mol. The maximum absolute atomic E-state index is 11.9. The molecule has 2 rings (SSSR count). The van der Waals surface area contributed by atoms with Crippen molar-refractivity contribution in [1.82, 2.24) is 15.1 Å². The predicted octanol–water partition coefficient (Wildman–Crippen LogP) is 1.89. The first-order chi connectivity index (χ1) is 7.75. The van der Waals surface area contributed by atoms with Crippen LogP contribution in [0, 0.1) is 5.92 Å². The average Bonchev–Trinajstić information content (AvgIpc) is 2.80. The summed E-state index contributed by atoms with van der Waals surface area (Å²) in [5.74, 6) is 1.48. The molecule has 1 aromatic rings. The van der Waals surface area contributed by atoms with Crippen LogP contribution in [-0.4, -0.2) is 39.8 Å². The summed E-state index contributed by atoms with van der Waals surface area (Å²) < 4.78 is 0.874. The van der Waals surface area contributed by atoms with Crippen molar-refractivity contribution < 1.29 is 4.79 Å². The second kappa shape index (κ2) is 5.63. The molecule has 1 saturated heterocycles. The van der Waals surface area contributed by atoms with Crippen LogP contribution in [0.15, 0.2) is 9.85 Å². The average molecular weight is 257 g/mol. The maximum atomic E-state index is 11.9. The van der Waals surface area contributed by atoms with E-state index in [9.17, 15) is 4.79 Å². The number of carbonyl (C=O) groups excluding carboxylic acids is 1. The van der Waals surface area contributed by atoms with Gasteiger partial charge in [-0.25, -0.2) is 0 Å². The first kappa shape index (κ1) is 11.9. The maximum Gasteiger partial charge on any atom is 0.233 e. The van der Waals surface area contributed by atoms with E-state index in [-0.39, 0.29) is 5.91 Å². The number of likely N-dealkylation sites (tertiary alicyclic amines) is 1. The fourth-order valence-electron chi connectivity index (χ4n) is 1.70. The fraction of sp³-hybridized carbons (Fsp3) is 0.700. The van der Waals surface area contributed by atoms with Crippen molar-refractivity contribution in [3.63, 3.8) is 0 Å². The zero-order chi connectivity index (χ0) is 11.4. The molecule has 1 aromatic heterocycles. The number of hydrogen-bond acceptors (Lipinski definition) is 5. The highest BCUT2D eigenvalue weighted by molar-refractivity contribution is 8.01. The number of carbonyl (C=O) groups is 1. The molecule has 1 aliphatic heterocycles. The van der Waals surface area contributed by atoms with Crippen LogP contribution in [0.4, 0.5) is 0 Å². The monoisotopic (exact) mass is 257 g/mol. The molecule has 88 valence electrons. The van der Waals surface area contributed by atoms with Crippen LogP contribution >= 0.6 is 23.1 Å². The number of nitrogens with zero attached hydrogens (tertiary/aromatic N) is 3. The normalized spacial score (nSPS) is 17.7. The van der Waals surface area contributed by atoms with Crippen molar-refractivity contribution in [1.29, 1.82) is 0 Å². The molecule has 0 unspecified atom stereocenters. The Labute approximate surface area is 103 Å². The summed E-state index contributed by atoms with van der Waals surface area (Å²) in [6.07, 6.45) is 2.27. The molecule has 0 aromatic carbocycles. The molecule has 0 spiro atoms. The molecule has 0 atom stereocenters. The molecule has 0 N–H and O–H groups in total. The molecule has 0 saturated carbocycles. The first-order valence-electron chi connectivity index (χ1n) is 5.42. The standard InChI is InChI=1S/C10H15N3OS2/c1-8-2-4-13(5-3-8)9(14)6-15-10-12-11-7-16-10/h7-8H,2-6H2,1H3. The van der Waals surface area contributed by atoms with Crippen LogP contribution in [0.2, 0.25) is 0 Å². The smallest absolute Gasteiger partial charge is 0.233 e. The molecule has 0 aliphatic carbocycles. The fourth-order valence-corrected chi connectivity index (χ4v) is 3.09. The summed E-state index contributed by atoms with van der Waals surface area (Å²) >= 11 is 2.97. The Bertz CT molecular complexity index is 334. The van der Waals surface area contributed by atoms with Crippen molar-refractivity contribution in [3.05, 3.63) is 5.51 Å². The second-order valence-electron chi connectivity index (χ2n) is 4.06. The van der Waals surface area contributed by atoms with Crippen molar-refractivity contribution in [3.8, 4) is 0 Å². The first-order valence-corrected chi connectivity index (χ1v) is 7.29. The third-order valence-corrected chi connectivity index (χ3v) is 4.64.